The van der Waals surface area contributed by atoms with Crippen molar-refractivity contribution in [3.63, 3.8) is 0 Å². The van der Waals surface area contributed by atoms with Crippen LogP contribution < -0.4 is 4.90 Å². The number of piperazine rings is 1. The molecule has 0 atom stereocenters. The molecule has 4 rings (SSSR count). The van der Waals surface area contributed by atoms with Crippen LogP contribution in [-0.4, -0.2) is 65.2 Å². The first-order chi connectivity index (χ1) is 15.3. The topological polar surface area (TPSA) is 104 Å². The minimum absolute atomic E-state index is 0.0175. The minimum Gasteiger partial charge on any atom is -0.368 e. The first-order valence-electron chi connectivity index (χ1n) is 10.6. The van der Waals surface area contributed by atoms with Gasteiger partial charge < -0.3 is 9.80 Å². The third kappa shape index (κ3) is 4.18. The van der Waals surface area contributed by atoms with Gasteiger partial charge in [-0.1, -0.05) is 17.7 Å². The Morgan fingerprint density at radius 2 is 1.72 bits per heavy atom. The molecular weight excluding hydrogens is 412 g/mol. The van der Waals surface area contributed by atoms with E-state index in [0.717, 1.165) is 11.3 Å². The predicted molar refractivity (Wildman–Crippen MR) is 118 cm³/mol. The Bertz CT molecular complexity index is 1090. The molecular formula is C23H24N4O5. The summed E-state index contributed by atoms with van der Waals surface area (Å²) in [6.07, 6.45) is 0.664. The van der Waals surface area contributed by atoms with Crippen LogP contribution in [0, 0.1) is 17.0 Å². The fourth-order valence-electron chi connectivity index (χ4n) is 4.17. The number of nitro benzene ring substituents is 1. The summed E-state index contributed by atoms with van der Waals surface area (Å²) in [5, 5.41) is 11.0. The zero-order chi connectivity index (χ0) is 22.8. The quantitative estimate of drug-likeness (QED) is 0.392. The number of nitro groups is 1. The molecule has 0 radical (unpaired) electrons. The highest BCUT2D eigenvalue weighted by atomic mass is 16.6. The monoisotopic (exact) mass is 436 g/mol. The second-order valence-electron chi connectivity index (χ2n) is 8.06. The fraction of sp³-hybridized carbons (Fsp3) is 0.348. The summed E-state index contributed by atoms with van der Waals surface area (Å²) in [5.74, 6) is -0.620. The summed E-state index contributed by atoms with van der Waals surface area (Å²) in [5.41, 5.74) is 2.59. The maximum absolute atomic E-state index is 12.6. The zero-order valence-corrected chi connectivity index (χ0v) is 17.8. The normalized spacial score (nSPS) is 15.8. The van der Waals surface area contributed by atoms with E-state index in [0.29, 0.717) is 43.7 Å². The lowest BCUT2D eigenvalue weighted by Crippen LogP contribution is -2.48. The SMILES string of the molecule is Cc1ccc2c(c1)C(=O)N(CCCC(=O)N1CCN(c3cccc([N+](=O)[O-])c3)CC1)C2=O. The van der Waals surface area contributed by atoms with E-state index in [1.807, 2.05) is 24.0 Å². The first kappa shape index (κ1) is 21.5. The van der Waals surface area contributed by atoms with Crippen molar-refractivity contribution in [1.29, 1.82) is 0 Å². The van der Waals surface area contributed by atoms with E-state index in [9.17, 15) is 24.5 Å². The van der Waals surface area contributed by atoms with Crippen molar-refractivity contribution < 1.29 is 19.3 Å². The van der Waals surface area contributed by atoms with Gasteiger partial charge in [-0.2, -0.15) is 0 Å². The van der Waals surface area contributed by atoms with Gasteiger partial charge in [0.2, 0.25) is 5.91 Å². The van der Waals surface area contributed by atoms with Crippen LogP contribution >= 0.6 is 0 Å². The Morgan fingerprint density at radius 3 is 2.44 bits per heavy atom. The number of carbonyl (C=O) groups excluding carboxylic acids is 3. The zero-order valence-electron chi connectivity index (χ0n) is 17.8. The van der Waals surface area contributed by atoms with Crippen molar-refractivity contribution in [3.8, 4) is 0 Å². The molecule has 2 aliphatic heterocycles. The Hall–Kier alpha value is -3.75. The van der Waals surface area contributed by atoms with Crippen molar-refractivity contribution in [2.45, 2.75) is 19.8 Å². The molecule has 2 aromatic rings. The maximum atomic E-state index is 12.6. The summed E-state index contributed by atoms with van der Waals surface area (Å²) in [6.45, 7) is 4.31. The number of anilines is 1. The van der Waals surface area contributed by atoms with Gasteiger partial charge >= 0.3 is 0 Å². The number of aryl methyl sites for hydroxylation is 1. The molecule has 1 saturated heterocycles. The average molecular weight is 436 g/mol. The first-order valence-corrected chi connectivity index (χ1v) is 10.6. The van der Waals surface area contributed by atoms with E-state index in [2.05, 4.69) is 0 Å². The van der Waals surface area contributed by atoms with Crippen LogP contribution in [0.4, 0.5) is 11.4 Å². The number of hydrogen-bond acceptors (Lipinski definition) is 6. The molecule has 1 fully saturated rings. The number of non-ortho nitro benzene ring substituents is 1. The van der Waals surface area contributed by atoms with Crippen LogP contribution in [0.15, 0.2) is 42.5 Å². The van der Waals surface area contributed by atoms with Gasteiger partial charge in [0.05, 0.1) is 16.1 Å². The summed E-state index contributed by atoms with van der Waals surface area (Å²) >= 11 is 0. The van der Waals surface area contributed by atoms with Crippen molar-refractivity contribution in [1.82, 2.24) is 9.80 Å². The molecule has 0 spiro atoms. The Labute approximate surface area is 185 Å². The van der Waals surface area contributed by atoms with Gasteiger partial charge in [-0.05, 0) is 31.5 Å². The highest BCUT2D eigenvalue weighted by Gasteiger charge is 2.35. The Balaban J connectivity index is 1.26. The molecule has 0 unspecified atom stereocenters. The molecule has 0 aromatic heterocycles. The van der Waals surface area contributed by atoms with Gasteiger partial charge in [-0.3, -0.25) is 29.4 Å². The third-order valence-corrected chi connectivity index (χ3v) is 5.94. The number of hydrogen-bond donors (Lipinski definition) is 0. The van der Waals surface area contributed by atoms with Crippen LogP contribution in [0.25, 0.3) is 0 Å². The Kier molecular flexibility index (Phi) is 5.89. The molecule has 2 aliphatic rings. The van der Waals surface area contributed by atoms with Gasteiger partial charge in [0, 0.05) is 57.0 Å². The van der Waals surface area contributed by atoms with Crippen LogP contribution in [0.2, 0.25) is 0 Å². The van der Waals surface area contributed by atoms with Gasteiger partial charge in [0.1, 0.15) is 0 Å². The molecule has 0 saturated carbocycles. The predicted octanol–water partition coefficient (Wildman–Crippen LogP) is 2.63. The van der Waals surface area contributed by atoms with Gasteiger partial charge in [0.15, 0.2) is 0 Å². The molecule has 0 N–H and O–H groups in total. The maximum Gasteiger partial charge on any atom is 0.271 e. The second kappa shape index (κ2) is 8.78. The van der Waals surface area contributed by atoms with Gasteiger partial charge in [0.25, 0.3) is 17.5 Å². The molecule has 32 heavy (non-hydrogen) atoms. The van der Waals surface area contributed by atoms with Crippen molar-refractivity contribution in [2.75, 3.05) is 37.6 Å². The number of rotatable bonds is 6. The van der Waals surface area contributed by atoms with Crippen molar-refractivity contribution >= 4 is 29.1 Å². The van der Waals surface area contributed by atoms with Gasteiger partial charge in [-0.15, -0.1) is 0 Å². The number of nitrogens with zero attached hydrogens (tertiary/aromatic N) is 4. The van der Waals surface area contributed by atoms with E-state index >= 15 is 0 Å². The number of fused-ring (bicyclic) bond motifs is 1. The molecule has 9 nitrogen and oxygen atoms in total. The molecule has 3 amide bonds. The summed E-state index contributed by atoms with van der Waals surface area (Å²) in [4.78, 5) is 53.2. The van der Waals surface area contributed by atoms with Crippen LogP contribution in [0.1, 0.15) is 39.1 Å². The number of imide groups is 1. The molecule has 0 aliphatic carbocycles. The van der Waals surface area contributed by atoms with E-state index < -0.39 is 4.92 Å². The fourth-order valence-corrected chi connectivity index (χ4v) is 4.17. The molecule has 2 heterocycles. The number of carbonyl (C=O) groups is 3. The van der Waals surface area contributed by atoms with E-state index in [1.54, 1.807) is 29.2 Å². The standard InChI is InChI=1S/C23H24N4O5/c1-16-7-8-19-20(14-16)23(30)26(22(19)29)9-3-6-21(28)25-12-10-24(11-13-25)17-4-2-5-18(15-17)27(31)32/h2,4-5,7-8,14-15H,3,6,9-13H2,1H3. The lowest BCUT2D eigenvalue weighted by Gasteiger charge is -2.36. The molecule has 166 valence electrons. The highest BCUT2D eigenvalue weighted by Crippen LogP contribution is 2.25. The summed E-state index contributed by atoms with van der Waals surface area (Å²) in [6, 6.07) is 11.7. The van der Waals surface area contributed by atoms with Crippen LogP contribution in [0.3, 0.4) is 0 Å². The largest absolute Gasteiger partial charge is 0.368 e. The average Bonchev–Trinajstić information content (AvgIpc) is 3.03. The summed E-state index contributed by atoms with van der Waals surface area (Å²) in [7, 11) is 0. The summed E-state index contributed by atoms with van der Waals surface area (Å²) < 4.78 is 0. The number of amides is 3. The molecule has 9 heteroatoms. The van der Waals surface area contributed by atoms with Crippen LogP contribution in [-0.2, 0) is 4.79 Å². The van der Waals surface area contributed by atoms with Gasteiger partial charge in [-0.25, -0.2) is 0 Å². The van der Waals surface area contributed by atoms with Crippen LogP contribution in [0.5, 0.6) is 0 Å². The second-order valence-corrected chi connectivity index (χ2v) is 8.06. The molecule has 2 aromatic carbocycles. The van der Waals surface area contributed by atoms with E-state index in [4.69, 9.17) is 0 Å². The van der Waals surface area contributed by atoms with Crippen molar-refractivity contribution in [2.24, 2.45) is 0 Å². The molecule has 0 bridgehead atoms. The lowest BCUT2D eigenvalue weighted by atomic mass is 10.1. The van der Waals surface area contributed by atoms with E-state index in [-0.39, 0.29) is 36.4 Å². The van der Waals surface area contributed by atoms with Crippen molar-refractivity contribution in [3.05, 3.63) is 69.3 Å². The highest BCUT2D eigenvalue weighted by molar-refractivity contribution is 6.21. The number of benzene rings is 2. The lowest BCUT2D eigenvalue weighted by molar-refractivity contribution is -0.384. The minimum atomic E-state index is -0.418. The third-order valence-electron chi connectivity index (χ3n) is 5.94. The van der Waals surface area contributed by atoms with E-state index in [1.165, 1.54) is 11.0 Å². The Morgan fingerprint density at radius 1 is 1.00 bits per heavy atom. The smallest absolute Gasteiger partial charge is 0.271 e.